The second-order valence-corrected chi connectivity index (χ2v) is 5.52. The third-order valence-electron chi connectivity index (χ3n) is 4.00. The molecular formula is C13H23ClN4O. The zero-order valence-corrected chi connectivity index (χ0v) is 12.1. The molecule has 5 nitrogen and oxygen atoms in total. The van der Waals surface area contributed by atoms with E-state index in [-0.39, 0.29) is 12.4 Å². The summed E-state index contributed by atoms with van der Waals surface area (Å²) in [5.74, 6) is 2.24. The van der Waals surface area contributed by atoms with Crippen LogP contribution in [0.1, 0.15) is 56.2 Å². The zero-order valence-electron chi connectivity index (χ0n) is 11.3. The van der Waals surface area contributed by atoms with Crippen molar-refractivity contribution in [2.24, 2.45) is 5.73 Å². The van der Waals surface area contributed by atoms with Crippen molar-refractivity contribution in [3.05, 3.63) is 11.7 Å². The van der Waals surface area contributed by atoms with E-state index in [1.807, 2.05) is 0 Å². The fourth-order valence-electron chi connectivity index (χ4n) is 2.80. The molecule has 3 rings (SSSR count). The van der Waals surface area contributed by atoms with Gasteiger partial charge in [0.25, 0.3) is 0 Å². The smallest absolute Gasteiger partial charge is 0.229 e. The summed E-state index contributed by atoms with van der Waals surface area (Å²) < 4.78 is 5.31. The standard InChI is InChI=1S/C13H22N4O.ClH/c14-7-6-11-3-1-2-8-17(11)9-12-15-13(18-16-12)10-4-5-10;/h10-11H,1-9,14H2;1H. The van der Waals surface area contributed by atoms with E-state index < -0.39 is 0 Å². The molecule has 0 aromatic carbocycles. The molecule has 0 bridgehead atoms. The van der Waals surface area contributed by atoms with E-state index in [0.29, 0.717) is 12.0 Å². The van der Waals surface area contributed by atoms with Crippen molar-refractivity contribution in [1.82, 2.24) is 15.0 Å². The molecule has 1 saturated heterocycles. The van der Waals surface area contributed by atoms with Gasteiger partial charge in [-0.1, -0.05) is 11.6 Å². The topological polar surface area (TPSA) is 68.2 Å². The largest absolute Gasteiger partial charge is 0.339 e. The van der Waals surface area contributed by atoms with Crippen LogP contribution in [0.5, 0.6) is 0 Å². The van der Waals surface area contributed by atoms with Crippen molar-refractivity contribution in [1.29, 1.82) is 0 Å². The molecule has 2 aliphatic rings. The molecule has 108 valence electrons. The van der Waals surface area contributed by atoms with Gasteiger partial charge < -0.3 is 10.3 Å². The first-order valence-electron chi connectivity index (χ1n) is 7.13. The maximum Gasteiger partial charge on any atom is 0.229 e. The maximum atomic E-state index is 5.69. The second kappa shape index (κ2) is 6.68. The molecule has 1 saturated carbocycles. The minimum absolute atomic E-state index is 0. The van der Waals surface area contributed by atoms with Gasteiger partial charge in [0.05, 0.1) is 6.54 Å². The van der Waals surface area contributed by atoms with Crippen LogP contribution in [-0.2, 0) is 6.54 Å². The van der Waals surface area contributed by atoms with Gasteiger partial charge >= 0.3 is 0 Å². The normalized spacial score (nSPS) is 24.2. The van der Waals surface area contributed by atoms with E-state index in [9.17, 15) is 0 Å². The van der Waals surface area contributed by atoms with Crippen LogP contribution in [0.3, 0.4) is 0 Å². The minimum atomic E-state index is 0. The van der Waals surface area contributed by atoms with Crippen molar-refractivity contribution in [2.75, 3.05) is 13.1 Å². The fourth-order valence-corrected chi connectivity index (χ4v) is 2.80. The lowest BCUT2D eigenvalue weighted by Gasteiger charge is -2.34. The molecule has 19 heavy (non-hydrogen) atoms. The molecule has 1 aromatic heterocycles. The van der Waals surface area contributed by atoms with E-state index in [1.165, 1.54) is 32.1 Å². The van der Waals surface area contributed by atoms with Crippen molar-refractivity contribution in [3.8, 4) is 0 Å². The molecule has 0 radical (unpaired) electrons. The van der Waals surface area contributed by atoms with Gasteiger partial charge in [-0.25, -0.2) is 0 Å². The maximum absolute atomic E-state index is 5.69. The molecule has 1 aliphatic heterocycles. The minimum Gasteiger partial charge on any atom is -0.339 e. The number of nitrogens with two attached hydrogens (primary N) is 1. The lowest BCUT2D eigenvalue weighted by Crippen LogP contribution is -2.40. The third-order valence-corrected chi connectivity index (χ3v) is 4.00. The van der Waals surface area contributed by atoms with E-state index in [4.69, 9.17) is 10.3 Å². The van der Waals surface area contributed by atoms with E-state index in [0.717, 1.165) is 37.8 Å². The number of piperidine rings is 1. The van der Waals surface area contributed by atoms with Crippen molar-refractivity contribution in [3.63, 3.8) is 0 Å². The highest BCUT2D eigenvalue weighted by molar-refractivity contribution is 5.85. The monoisotopic (exact) mass is 286 g/mol. The number of hydrogen-bond donors (Lipinski definition) is 1. The summed E-state index contributed by atoms with van der Waals surface area (Å²) in [5.41, 5.74) is 5.69. The zero-order chi connectivity index (χ0) is 12.4. The molecule has 1 aromatic rings. The van der Waals surface area contributed by atoms with E-state index >= 15 is 0 Å². The van der Waals surface area contributed by atoms with Crippen LogP contribution in [0.15, 0.2) is 4.52 Å². The first kappa shape index (κ1) is 14.8. The summed E-state index contributed by atoms with van der Waals surface area (Å²) in [6.07, 6.45) is 7.34. The molecule has 2 heterocycles. The van der Waals surface area contributed by atoms with Gasteiger partial charge in [-0.3, -0.25) is 4.90 Å². The molecule has 1 atom stereocenters. The summed E-state index contributed by atoms with van der Waals surface area (Å²) in [5, 5.41) is 4.11. The Bertz CT molecular complexity index is 392. The van der Waals surface area contributed by atoms with Gasteiger partial charge in [-0.2, -0.15) is 4.98 Å². The van der Waals surface area contributed by atoms with Crippen LogP contribution in [0, 0.1) is 0 Å². The van der Waals surface area contributed by atoms with Gasteiger partial charge in [0, 0.05) is 12.0 Å². The number of halogens is 1. The summed E-state index contributed by atoms with van der Waals surface area (Å²) in [6.45, 7) is 2.72. The Kier molecular flexibility index (Phi) is 5.19. The van der Waals surface area contributed by atoms with Crippen LogP contribution >= 0.6 is 12.4 Å². The molecular weight excluding hydrogens is 264 g/mol. The number of likely N-dealkylation sites (tertiary alicyclic amines) is 1. The Labute approximate surface area is 120 Å². The first-order chi connectivity index (χ1) is 8.86. The van der Waals surface area contributed by atoms with Gasteiger partial charge in [-0.05, 0) is 45.2 Å². The predicted molar refractivity (Wildman–Crippen MR) is 75.2 cm³/mol. The molecule has 6 heteroatoms. The summed E-state index contributed by atoms with van der Waals surface area (Å²) in [4.78, 5) is 6.98. The molecule has 0 amide bonds. The lowest BCUT2D eigenvalue weighted by molar-refractivity contribution is 0.129. The molecule has 2 N–H and O–H groups in total. The van der Waals surface area contributed by atoms with Gasteiger partial charge in [0.15, 0.2) is 5.82 Å². The van der Waals surface area contributed by atoms with Crippen LogP contribution in [-0.4, -0.2) is 34.2 Å². The van der Waals surface area contributed by atoms with Crippen molar-refractivity contribution in [2.45, 2.75) is 57.0 Å². The Hall–Kier alpha value is -0.650. The summed E-state index contributed by atoms with van der Waals surface area (Å²) >= 11 is 0. The van der Waals surface area contributed by atoms with E-state index in [1.54, 1.807) is 0 Å². The van der Waals surface area contributed by atoms with Crippen molar-refractivity contribution < 1.29 is 4.52 Å². The van der Waals surface area contributed by atoms with Crippen LogP contribution < -0.4 is 5.73 Å². The average molecular weight is 287 g/mol. The van der Waals surface area contributed by atoms with Crippen molar-refractivity contribution >= 4 is 12.4 Å². The Morgan fingerprint density at radius 3 is 2.84 bits per heavy atom. The molecule has 0 spiro atoms. The summed E-state index contributed by atoms with van der Waals surface area (Å²) in [7, 11) is 0. The summed E-state index contributed by atoms with van der Waals surface area (Å²) in [6, 6.07) is 0.603. The predicted octanol–water partition coefficient (Wildman–Crippen LogP) is 2.07. The van der Waals surface area contributed by atoms with Crippen LogP contribution in [0.2, 0.25) is 0 Å². The van der Waals surface area contributed by atoms with Crippen LogP contribution in [0.4, 0.5) is 0 Å². The van der Waals surface area contributed by atoms with E-state index in [2.05, 4.69) is 15.0 Å². The first-order valence-corrected chi connectivity index (χ1v) is 7.13. The highest BCUT2D eigenvalue weighted by Gasteiger charge is 2.30. The van der Waals surface area contributed by atoms with Crippen LogP contribution in [0.25, 0.3) is 0 Å². The Balaban J connectivity index is 0.00000133. The quantitative estimate of drug-likeness (QED) is 0.897. The lowest BCUT2D eigenvalue weighted by atomic mass is 9.99. The highest BCUT2D eigenvalue weighted by Crippen LogP contribution is 2.38. The number of rotatable bonds is 5. The number of nitrogens with zero attached hydrogens (tertiary/aromatic N) is 3. The fraction of sp³-hybridized carbons (Fsp3) is 0.846. The van der Waals surface area contributed by atoms with Gasteiger partial charge in [-0.15, -0.1) is 12.4 Å². The number of hydrogen-bond acceptors (Lipinski definition) is 5. The SMILES string of the molecule is Cl.NCCC1CCCCN1Cc1noc(C2CC2)n1. The third kappa shape index (κ3) is 3.68. The van der Waals surface area contributed by atoms with Gasteiger partial charge in [0.2, 0.25) is 5.89 Å². The molecule has 1 unspecified atom stereocenters. The Morgan fingerprint density at radius 1 is 1.26 bits per heavy atom. The Morgan fingerprint density at radius 2 is 2.11 bits per heavy atom. The highest BCUT2D eigenvalue weighted by atomic mass is 35.5. The average Bonchev–Trinajstić information content (AvgIpc) is 3.13. The molecule has 2 fully saturated rings. The molecule has 1 aliphatic carbocycles. The number of aromatic nitrogens is 2. The van der Waals surface area contributed by atoms with Gasteiger partial charge in [0.1, 0.15) is 0 Å². The second-order valence-electron chi connectivity index (χ2n) is 5.52.